The van der Waals surface area contributed by atoms with Crippen molar-refractivity contribution in [3.63, 3.8) is 0 Å². The summed E-state index contributed by atoms with van der Waals surface area (Å²) in [5.41, 5.74) is 2.43. The van der Waals surface area contributed by atoms with Crippen LogP contribution in [-0.2, 0) is 27.2 Å². The number of allylic oxidation sites excluding steroid dienone is 2. The number of aliphatic hydroxyl groups is 3. The normalized spacial score (nSPS) is 20.4. The summed E-state index contributed by atoms with van der Waals surface area (Å²) in [4.78, 5) is 36.2. The minimum absolute atomic E-state index is 0.00625. The number of nitro groups is 1. The van der Waals surface area contributed by atoms with Crippen molar-refractivity contribution in [1.82, 2.24) is 10.6 Å². The zero-order chi connectivity index (χ0) is 32.0. The molecular weight excluding hydrogens is 574 g/mol. The van der Waals surface area contributed by atoms with Crippen LogP contribution in [0.25, 0.3) is 0 Å². The predicted molar refractivity (Wildman–Crippen MR) is 158 cm³/mol. The lowest BCUT2D eigenvalue weighted by Gasteiger charge is -2.29. The molecule has 1 heterocycles. The third kappa shape index (κ3) is 7.61. The van der Waals surface area contributed by atoms with Crippen LogP contribution in [0.1, 0.15) is 42.9 Å². The number of nitrogens with zero attached hydrogens (tertiary/aromatic N) is 1. The first-order valence-corrected chi connectivity index (χ1v) is 14.3. The van der Waals surface area contributed by atoms with E-state index in [9.17, 15) is 40.1 Å². The average Bonchev–Trinajstić information content (AvgIpc) is 2.97. The molecule has 13 heteroatoms. The SMILES string of the molecule is CC1=C(C(=O)O)C(c2cccc([N+](=O)[O-])c2)C(C(=O)OCCCNCC(O)COc2cccc3c2C[C@@H](O)[C@@H](O)C3)=C(C)N1. The maximum Gasteiger partial charge on any atom is 0.336 e. The van der Waals surface area contributed by atoms with Gasteiger partial charge in [0.2, 0.25) is 0 Å². The van der Waals surface area contributed by atoms with E-state index in [4.69, 9.17) is 9.47 Å². The van der Waals surface area contributed by atoms with Gasteiger partial charge in [-0.2, -0.15) is 0 Å². The van der Waals surface area contributed by atoms with Crippen LogP contribution < -0.4 is 15.4 Å². The Balaban J connectivity index is 1.28. The maximum atomic E-state index is 13.2. The Kier molecular flexibility index (Phi) is 10.7. The Hall–Kier alpha value is -4.30. The van der Waals surface area contributed by atoms with Crippen molar-refractivity contribution in [3.05, 3.63) is 91.8 Å². The van der Waals surface area contributed by atoms with Crippen molar-refractivity contribution in [1.29, 1.82) is 0 Å². The van der Waals surface area contributed by atoms with E-state index >= 15 is 0 Å². The number of ether oxygens (including phenoxy) is 2. The molecule has 1 aliphatic heterocycles. The number of carboxylic acid groups (broad SMARTS) is 1. The molecule has 0 radical (unpaired) electrons. The van der Waals surface area contributed by atoms with Crippen LogP contribution in [0.15, 0.2) is 65.0 Å². The van der Waals surface area contributed by atoms with E-state index in [0.717, 1.165) is 11.1 Å². The summed E-state index contributed by atoms with van der Waals surface area (Å²) in [6, 6.07) is 11.0. The molecule has 13 nitrogen and oxygen atoms in total. The first-order valence-electron chi connectivity index (χ1n) is 14.3. The summed E-state index contributed by atoms with van der Waals surface area (Å²) in [6.45, 7) is 3.80. The molecule has 6 N–H and O–H groups in total. The van der Waals surface area contributed by atoms with Crippen LogP contribution in [0.4, 0.5) is 5.69 Å². The van der Waals surface area contributed by atoms with E-state index in [1.165, 1.54) is 18.2 Å². The summed E-state index contributed by atoms with van der Waals surface area (Å²) in [7, 11) is 0. The first-order chi connectivity index (χ1) is 21.0. The molecular formula is C31H37N3O10. The standard InChI is InChI=1S/C31H37N3O10/c1-17-27(30(38)39)29(20-7-3-8-21(12-20)34(41)42)28(18(2)33-17)31(40)43-11-5-10-32-15-22(35)16-44-26-9-4-6-19-13-24(36)25(37)14-23(19)26/h3-4,6-9,12,22,24-25,29,32-33,35-37H,5,10-11,13-16H2,1-2H3,(H,38,39)/t22?,24-,25+,29?/m0/s1. The van der Waals surface area contributed by atoms with E-state index in [2.05, 4.69) is 10.6 Å². The fourth-order valence-electron chi connectivity index (χ4n) is 5.53. The molecule has 0 spiro atoms. The van der Waals surface area contributed by atoms with Gasteiger partial charge in [0.15, 0.2) is 0 Å². The number of carbonyl (C=O) groups is 2. The second-order valence-corrected chi connectivity index (χ2v) is 10.9. The quantitative estimate of drug-likeness (QED) is 0.0830. The summed E-state index contributed by atoms with van der Waals surface area (Å²) in [5, 5.41) is 57.6. The average molecular weight is 612 g/mol. The molecule has 0 saturated carbocycles. The van der Waals surface area contributed by atoms with Crippen LogP contribution in [0.2, 0.25) is 0 Å². The van der Waals surface area contributed by atoms with Crippen LogP contribution in [0.3, 0.4) is 0 Å². The molecule has 0 aromatic heterocycles. The number of non-ortho nitro benzene ring substituents is 1. The molecule has 0 bridgehead atoms. The van der Waals surface area contributed by atoms with Gasteiger partial charge in [0, 0.05) is 48.5 Å². The minimum atomic E-state index is -1.26. The van der Waals surface area contributed by atoms with Crippen molar-refractivity contribution in [3.8, 4) is 5.75 Å². The predicted octanol–water partition coefficient (Wildman–Crippen LogP) is 1.70. The summed E-state index contributed by atoms with van der Waals surface area (Å²) in [5.74, 6) is -2.52. The lowest BCUT2D eigenvalue weighted by atomic mass is 9.80. The van der Waals surface area contributed by atoms with Crippen molar-refractivity contribution in [2.45, 2.75) is 57.3 Å². The highest BCUT2D eigenvalue weighted by atomic mass is 16.6. The van der Waals surface area contributed by atoms with E-state index in [1.807, 2.05) is 6.07 Å². The maximum absolute atomic E-state index is 13.2. The van der Waals surface area contributed by atoms with Gasteiger partial charge in [-0.05, 0) is 44.0 Å². The van der Waals surface area contributed by atoms with Gasteiger partial charge in [-0.3, -0.25) is 10.1 Å². The van der Waals surface area contributed by atoms with E-state index in [-0.39, 0.29) is 48.6 Å². The van der Waals surface area contributed by atoms with E-state index < -0.39 is 41.1 Å². The Bertz CT molecular complexity index is 1470. The van der Waals surface area contributed by atoms with Gasteiger partial charge in [-0.25, -0.2) is 9.59 Å². The van der Waals surface area contributed by atoms with Crippen LogP contribution in [0, 0.1) is 10.1 Å². The molecule has 4 rings (SSSR count). The van der Waals surface area contributed by atoms with Gasteiger partial charge in [-0.15, -0.1) is 0 Å². The number of esters is 1. The number of hydrogen-bond acceptors (Lipinski definition) is 11. The second-order valence-electron chi connectivity index (χ2n) is 10.9. The van der Waals surface area contributed by atoms with Gasteiger partial charge in [0.05, 0.1) is 40.8 Å². The van der Waals surface area contributed by atoms with Crippen LogP contribution in [-0.4, -0.2) is 81.9 Å². The third-order valence-corrected chi connectivity index (χ3v) is 7.68. The van der Waals surface area contributed by atoms with Gasteiger partial charge in [0.1, 0.15) is 18.5 Å². The topological polar surface area (TPSA) is 201 Å². The number of nitro benzene ring substituents is 1. The highest BCUT2D eigenvalue weighted by Crippen LogP contribution is 2.39. The molecule has 0 saturated heterocycles. The number of fused-ring (bicyclic) bond motifs is 1. The molecule has 0 fully saturated rings. The molecule has 2 aliphatic rings. The fourth-order valence-corrected chi connectivity index (χ4v) is 5.53. The molecule has 0 amide bonds. The lowest BCUT2D eigenvalue weighted by molar-refractivity contribution is -0.384. The van der Waals surface area contributed by atoms with Gasteiger partial charge < -0.3 is 40.5 Å². The number of aliphatic hydroxyl groups excluding tert-OH is 3. The van der Waals surface area contributed by atoms with Crippen molar-refractivity contribution in [2.24, 2.45) is 0 Å². The number of benzene rings is 2. The van der Waals surface area contributed by atoms with Gasteiger partial charge in [-0.1, -0.05) is 24.3 Å². The number of aliphatic carboxylic acids is 1. The molecule has 2 unspecified atom stereocenters. The molecule has 2 aromatic rings. The summed E-state index contributed by atoms with van der Waals surface area (Å²) >= 11 is 0. The van der Waals surface area contributed by atoms with Crippen molar-refractivity contribution >= 4 is 17.6 Å². The van der Waals surface area contributed by atoms with Gasteiger partial charge in [0.25, 0.3) is 5.69 Å². The second kappa shape index (κ2) is 14.4. The highest BCUT2D eigenvalue weighted by Gasteiger charge is 2.37. The molecule has 236 valence electrons. The lowest BCUT2D eigenvalue weighted by Crippen LogP contribution is -2.35. The van der Waals surface area contributed by atoms with E-state index in [1.54, 1.807) is 32.0 Å². The molecule has 2 aromatic carbocycles. The number of carbonyl (C=O) groups excluding carboxylic acids is 1. The van der Waals surface area contributed by atoms with Crippen LogP contribution in [0.5, 0.6) is 5.75 Å². The molecule has 44 heavy (non-hydrogen) atoms. The largest absolute Gasteiger partial charge is 0.491 e. The van der Waals surface area contributed by atoms with Crippen LogP contribution >= 0.6 is 0 Å². The molecule has 4 atom stereocenters. The van der Waals surface area contributed by atoms with Crippen molar-refractivity contribution in [2.75, 3.05) is 26.3 Å². The van der Waals surface area contributed by atoms with Gasteiger partial charge >= 0.3 is 11.9 Å². The first kappa shape index (κ1) is 32.6. The number of nitrogens with one attached hydrogen (secondary N) is 2. The van der Waals surface area contributed by atoms with Crippen molar-refractivity contribution < 1.29 is 44.4 Å². The number of dihydropyridines is 1. The highest BCUT2D eigenvalue weighted by molar-refractivity contribution is 5.99. The zero-order valence-electron chi connectivity index (χ0n) is 24.5. The number of carboxylic acids is 1. The minimum Gasteiger partial charge on any atom is -0.491 e. The Labute approximate surface area is 254 Å². The number of hydrogen-bond donors (Lipinski definition) is 6. The molecule has 1 aliphatic carbocycles. The van der Waals surface area contributed by atoms with E-state index in [0.29, 0.717) is 36.5 Å². The Morgan fingerprint density at radius 2 is 1.80 bits per heavy atom. The monoisotopic (exact) mass is 611 g/mol. The fraction of sp³-hybridized carbons (Fsp3) is 0.419. The Morgan fingerprint density at radius 1 is 1.09 bits per heavy atom. The Morgan fingerprint density at radius 3 is 2.52 bits per heavy atom. The third-order valence-electron chi connectivity index (χ3n) is 7.68. The smallest absolute Gasteiger partial charge is 0.336 e. The number of rotatable bonds is 13. The zero-order valence-corrected chi connectivity index (χ0v) is 24.5. The summed E-state index contributed by atoms with van der Waals surface area (Å²) < 4.78 is 11.3. The summed E-state index contributed by atoms with van der Waals surface area (Å²) in [6.07, 6.45) is -1.52.